The first-order valence-electron chi connectivity index (χ1n) is 5.34. The summed E-state index contributed by atoms with van der Waals surface area (Å²) >= 11 is 0. The Morgan fingerprint density at radius 3 is 2.18 bits per heavy atom. The molecule has 0 aliphatic heterocycles. The van der Waals surface area contributed by atoms with Gasteiger partial charge in [0.2, 0.25) is 5.96 Å². The highest BCUT2D eigenvalue weighted by atomic mass is 15.1. The molecule has 0 atom stereocenters. The van der Waals surface area contributed by atoms with Crippen molar-refractivity contribution in [3.05, 3.63) is 29.8 Å². The number of benzene rings is 1. The molecule has 0 saturated carbocycles. The minimum atomic E-state index is -0.0977. The van der Waals surface area contributed by atoms with Crippen LogP contribution in [0.2, 0.25) is 0 Å². The Morgan fingerprint density at radius 2 is 1.65 bits per heavy atom. The summed E-state index contributed by atoms with van der Waals surface area (Å²) in [5.74, 6) is -0.0406. The number of rotatable bonds is 1. The van der Waals surface area contributed by atoms with E-state index in [2.05, 4.69) is 30.8 Å². The van der Waals surface area contributed by atoms with Crippen molar-refractivity contribution in [3.8, 4) is 0 Å². The minimum absolute atomic E-state index is 0.0155. The molecule has 0 spiro atoms. The molecule has 6 N–H and O–H groups in total. The molecule has 0 aliphatic rings. The molecule has 17 heavy (non-hydrogen) atoms. The van der Waals surface area contributed by atoms with Gasteiger partial charge in [-0.05, 0) is 17.0 Å². The molecule has 1 aromatic rings. The van der Waals surface area contributed by atoms with Crippen molar-refractivity contribution in [1.29, 1.82) is 0 Å². The molecule has 0 aromatic heterocycles. The molecule has 1 rings (SSSR count). The molecule has 0 heterocycles. The van der Waals surface area contributed by atoms with Gasteiger partial charge in [0, 0.05) is 0 Å². The predicted octanol–water partition coefficient (Wildman–Crippen LogP) is 1.20. The number of para-hydroxylation sites is 1. The third-order valence-electron chi connectivity index (χ3n) is 2.19. The van der Waals surface area contributed by atoms with Gasteiger partial charge in [0.1, 0.15) is 0 Å². The van der Waals surface area contributed by atoms with Crippen molar-refractivity contribution in [2.45, 2.75) is 26.2 Å². The Labute approximate surface area is 101 Å². The number of nitrogens with zero attached hydrogens (tertiary/aromatic N) is 2. The highest BCUT2D eigenvalue weighted by Gasteiger charge is 2.17. The second kappa shape index (κ2) is 4.86. The fraction of sp³-hybridized carbons (Fsp3) is 0.333. The Morgan fingerprint density at radius 1 is 1.06 bits per heavy atom. The second-order valence-electron chi connectivity index (χ2n) is 4.77. The van der Waals surface area contributed by atoms with Crippen LogP contribution in [-0.4, -0.2) is 11.9 Å². The summed E-state index contributed by atoms with van der Waals surface area (Å²) in [5, 5.41) is 0. The first kappa shape index (κ1) is 13.0. The number of hydrogen-bond acceptors (Lipinski definition) is 1. The van der Waals surface area contributed by atoms with Crippen LogP contribution in [0.3, 0.4) is 0 Å². The second-order valence-corrected chi connectivity index (χ2v) is 4.77. The van der Waals surface area contributed by atoms with Crippen LogP contribution in [0.25, 0.3) is 0 Å². The summed E-state index contributed by atoms with van der Waals surface area (Å²) in [5.41, 5.74) is 18.0. The van der Waals surface area contributed by atoms with E-state index >= 15 is 0 Å². The van der Waals surface area contributed by atoms with Crippen molar-refractivity contribution in [2.75, 3.05) is 0 Å². The molecular weight excluding hydrogens is 214 g/mol. The van der Waals surface area contributed by atoms with Gasteiger partial charge in [-0.2, -0.15) is 4.99 Å². The molecule has 0 amide bonds. The van der Waals surface area contributed by atoms with E-state index in [1.807, 2.05) is 24.3 Å². The van der Waals surface area contributed by atoms with Crippen molar-refractivity contribution in [1.82, 2.24) is 0 Å². The Hall–Kier alpha value is -2.04. The molecule has 92 valence electrons. The third-order valence-corrected chi connectivity index (χ3v) is 2.19. The third kappa shape index (κ3) is 3.79. The largest absolute Gasteiger partial charge is 0.370 e. The Bertz CT molecular complexity index is 450. The zero-order valence-corrected chi connectivity index (χ0v) is 10.4. The average molecular weight is 233 g/mol. The van der Waals surface area contributed by atoms with Crippen molar-refractivity contribution in [3.63, 3.8) is 0 Å². The monoisotopic (exact) mass is 233 g/mol. The van der Waals surface area contributed by atoms with Crippen LogP contribution in [0.4, 0.5) is 5.69 Å². The fourth-order valence-corrected chi connectivity index (χ4v) is 1.49. The summed E-state index contributed by atoms with van der Waals surface area (Å²) in [6.45, 7) is 6.33. The van der Waals surface area contributed by atoms with E-state index in [0.29, 0.717) is 0 Å². The van der Waals surface area contributed by atoms with Gasteiger partial charge in [0.25, 0.3) is 0 Å². The molecule has 5 heteroatoms. The van der Waals surface area contributed by atoms with Crippen LogP contribution in [0.5, 0.6) is 0 Å². The van der Waals surface area contributed by atoms with E-state index in [0.717, 1.165) is 11.3 Å². The van der Waals surface area contributed by atoms with Gasteiger partial charge in [0.05, 0.1) is 5.69 Å². The molecule has 0 fully saturated rings. The number of aliphatic imine (C=N–C) groups is 2. The fourth-order valence-electron chi connectivity index (χ4n) is 1.49. The number of hydrogen-bond donors (Lipinski definition) is 3. The summed E-state index contributed by atoms with van der Waals surface area (Å²) in [6, 6.07) is 7.77. The quantitative estimate of drug-likeness (QED) is 0.501. The van der Waals surface area contributed by atoms with Gasteiger partial charge in [-0.15, -0.1) is 0 Å². The molecule has 0 unspecified atom stereocenters. The summed E-state index contributed by atoms with van der Waals surface area (Å²) in [6.07, 6.45) is 0. The van der Waals surface area contributed by atoms with Crippen LogP contribution in [-0.2, 0) is 5.41 Å². The molecule has 1 aromatic carbocycles. The lowest BCUT2D eigenvalue weighted by Gasteiger charge is -2.20. The van der Waals surface area contributed by atoms with Gasteiger partial charge in [0.15, 0.2) is 5.96 Å². The van der Waals surface area contributed by atoms with E-state index in [1.165, 1.54) is 0 Å². The maximum Gasteiger partial charge on any atom is 0.223 e. The van der Waals surface area contributed by atoms with Crippen molar-refractivity contribution < 1.29 is 0 Å². The highest BCUT2D eigenvalue weighted by Crippen LogP contribution is 2.31. The average Bonchev–Trinajstić information content (AvgIpc) is 2.15. The van der Waals surface area contributed by atoms with Gasteiger partial charge in [-0.25, -0.2) is 4.99 Å². The number of nitrogens with two attached hydrogens (primary N) is 3. The normalized spacial score (nSPS) is 12.3. The van der Waals surface area contributed by atoms with Crippen molar-refractivity contribution in [2.24, 2.45) is 27.2 Å². The van der Waals surface area contributed by atoms with Gasteiger partial charge in [-0.1, -0.05) is 39.0 Å². The van der Waals surface area contributed by atoms with Gasteiger partial charge in [-0.3, -0.25) is 0 Å². The zero-order valence-electron chi connectivity index (χ0n) is 10.4. The lowest BCUT2D eigenvalue weighted by molar-refractivity contribution is 0.591. The lowest BCUT2D eigenvalue weighted by atomic mass is 9.86. The molecular formula is C12H19N5. The van der Waals surface area contributed by atoms with Gasteiger partial charge >= 0.3 is 0 Å². The minimum Gasteiger partial charge on any atom is -0.370 e. The van der Waals surface area contributed by atoms with Crippen molar-refractivity contribution >= 4 is 17.6 Å². The molecule has 0 aliphatic carbocycles. The standard InChI is InChI=1S/C12H19N5/c1-12(2,3)8-6-4-5-7-9(8)16-11(15)17-10(13)14/h4-7H,1-3H3,(H6,13,14,15,16,17). The highest BCUT2D eigenvalue weighted by molar-refractivity contribution is 5.93. The maximum atomic E-state index is 5.62. The lowest BCUT2D eigenvalue weighted by Crippen LogP contribution is -2.26. The smallest absolute Gasteiger partial charge is 0.223 e. The van der Waals surface area contributed by atoms with Crippen LogP contribution in [0.15, 0.2) is 34.3 Å². The number of guanidine groups is 2. The Kier molecular flexibility index (Phi) is 3.73. The SMILES string of the molecule is CC(C)(C)c1ccccc1N=C(N)N=C(N)N. The van der Waals surface area contributed by atoms with Gasteiger partial charge < -0.3 is 17.2 Å². The first-order valence-corrected chi connectivity index (χ1v) is 5.34. The van der Waals surface area contributed by atoms with Crippen LogP contribution >= 0.6 is 0 Å². The topological polar surface area (TPSA) is 103 Å². The van der Waals surface area contributed by atoms with E-state index in [4.69, 9.17) is 17.2 Å². The molecule has 0 bridgehead atoms. The van der Waals surface area contributed by atoms with E-state index in [9.17, 15) is 0 Å². The maximum absolute atomic E-state index is 5.62. The summed E-state index contributed by atoms with van der Waals surface area (Å²) in [4.78, 5) is 7.91. The van der Waals surface area contributed by atoms with E-state index in [-0.39, 0.29) is 17.3 Å². The first-order chi connectivity index (χ1) is 7.80. The molecule has 0 radical (unpaired) electrons. The van der Waals surface area contributed by atoms with E-state index < -0.39 is 0 Å². The van der Waals surface area contributed by atoms with Crippen LogP contribution in [0, 0.1) is 0 Å². The zero-order chi connectivity index (χ0) is 13.1. The van der Waals surface area contributed by atoms with E-state index in [1.54, 1.807) is 0 Å². The van der Waals surface area contributed by atoms with Crippen LogP contribution in [0.1, 0.15) is 26.3 Å². The molecule has 5 nitrogen and oxygen atoms in total. The molecule has 0 saturated heterocycles. The predicted molar refractivity (Wildman–Crippen MR) is 72.2 cm³/mol. The summed E-state index contributed by atoms with van der Waals surface area (Å²) < 4.78 is 0. The Balaban J connectivity index is 3.20. The van der Waals surface area contributed by atoms with Crippen LogP contribution < -0.4 is 17.2 Å². The summed E-state index contributed by atoms with van der Waals surface area (Å²) in [7, 11) is 0.